The van der Waals surface area contributed by atoms with E-state index in [1.165, 1.54) is 25.5 Å². The van der Waals surface area contributed by atoms with E-state index >= 15 is 0 Å². The van der Waals surface area contributed by atoms with Gasteiger partial charge in [-0.3, -0.25) is 0 Å². The molecule has 7 heteroatoms. The Hall–Kier alpha value is -1.63. The van der Waals surface area contributed by atoms with Crippen molar-refractivity contribution in [2.24, 2.45) is 9.39 Å². The zero-order valence-electron chi connectivity index (χ0n) is 8.17. The first-order chi connectivity index (χ1) is 6.94. The van der Waals surface area contributed by atoms with Gasteiger partial charge in [-0.2, -0.15) is 0 Å². The number of sulfonamides is 1. The molecule has 0 aromatic carbocycles. The summed E-state index contributed by atoms with van der Waals surface area (Å²) in [6.45, 7) is 0. The Labute approximate surface area is 87.4 Å². The van der Waals surface area contributed by atoms with E-state index in [4.69, 9.17) is 0 Å². The van der Waals surface area contributed by atoms with Crippen molar-refractivity contribution in [1.82, 2.24) is 0 Å². The molecule has 1 aliphatic rings. The van der Waals surface area contributed by atoms with Crippen LogP contribution >= 0.6 is 0 Å². The molecule has 0 atom stereocenters. The molecular weight excluding hydrogens is 220 g/mol. The van der Waals surface area contributed by atoms with E-state index < -0.39 is 16.0 Å². The summed E-state index contributed by atoms with van der Waals surface area (Å²) < 4.78 is 29.6. The van der Waals surface area contributed by atoms with E-state index in [1.54, 1.807) is 0 Å². The number of allylic oxidation sites excluding steroid dienone is 1. The van der Waals surface area contributed by atoms with Gasteiger partial charge in [0.15, 0.2) is 5.84 Å². The van der Waals surface area contributed by atoms with Crippen LogP contribution in [0.3, 0.4) is 0 Å². The first kappa shape index (κ1) is 11.4. The van der Waals surface area contributed by atoms with Crippen LogP contribution in [0, 0.1) is 0 Å². The predicted molar refractivity (Wildman–Crippen MR) is 53.9 cm³/mol. The lowest BCUT2D eigenvalue weighted by atomic mass is 10.2. The van der Waals surface area contributed by atoms with Crippen LogP contribution in [-0.4, -0.2) is 33.8 Å². The summed E-state index contributed by atoms with van der Waals surface area (Å²) in [5.41, 5.74) is 0.0189. The average Bonchev–Trinajstić information content (AvgIpc) is 2.15. The van der Waals surface area contributed by atoms with Crippen molar-refractivity contribution in [2.45, 2.75) is 0 Å². The highest BCUT2D eigenvalue weighted by atomic mass is 32.2. The Morgan fingerprint density at radius 2 is 2.27 bits per heavy atom. The number of methoxy groups -OCH3 is 1. The van der Waals surface area contributed by atoms with Crippen LogP contribution in [0.2, 0.25) is 0 Å². The number of nitrogens with zero attached hydrogens (tertiary/aromatic N) is 2. The maximum absolute atomic E-state index is 11.2. The third-order valence-corrected chi connectivity index (χ3v) is 1.95. The van der Waals surface area contributed by atoms with E-state index in [-0.39, 0.29) is 11.4 Å². The first-order valence-corrected chi connectivity index (χ1v) is 5.75. The summed E-state index contributed by atoms with van der Waals surface area (Å²) >= 11 is 0. The number of hydrogen-bond acceptors (Lipinski definition) is 4. The van der Waals surface area contributed by atoms with Crippen molar-refractivity contribution in [3.8, 4) is 0 Å². The standard InChI is InChI=1S/C8H10N2O4S/c1-14-8(11)6-4-3-5-9-7(6)10-15(2,12)13/h3-5,11H,1-2H3/p-1. The SMILES string of the molecule is COC([O-])=C1C=CC=NC1=NS(C)(=O)=O. The summed E-state index contributed by atoms with van der Waals surface area (Å²) in [4.78, 5) is 3.69. The Balaban J connectivity index is 3.25. The number of dihydropyridines is 1. The lowest BCUT2D eigenvalue weighted by Crippen LogP contribution is -2.16. The highest BCUT2D eigenvalue weighted by Gasteiger charge is 2.10. The number of ether oxygens (including phenoxy) is 1. The Bertz CT molecular complexity index is 471. The first-order valence-electron chi connectivity index (χ1n) is 3.90. The van der Waals surface area contributed by atoms with Crippen LogP contribution in [0.25, 0.3) is 0 Å². The monoisotopic (exact) mass is 229 g/mol. The van der Waals surface area contributed by atoms with Gasteiger partial charge in [0.1, 0.15) is 0 Å². The van der Waals surface area contributed by atoms with Crippen LogP contribution in [0.15, 0.2) is 33.1 Å². The highest BCUT2D eigenvalue weighted by Crippen LogP contribution is 2.10. The summed E-state index contributed by atoms with van der Waals surface area (Å²) in [6, 6.07) is 0. The van der Waals surface area contributed by atoms with E-state index in [2.05, 4.69) is 14.1 Å². The van der Waals surface area contributed by atoms with Gasteiger partial charge >= 0.3 is 0 Å². The van der Waals surface area contributed by atoms with Gasteiger partial charge in [0.05, 0.1) is 12.2 Å². The van der Waals surface area contributed by atoms with Gasteiger partial charge in [-0.15, -0.1) is 4.40 Å². The fourth-order valence-electron chi connectivity index (χ4n) is 0.896. The zero-order chi connectivity index (χ0) is 11.5. The molecule has 0 N–H and O–H groups in total. The van der Waals surface area contributed by atoms with Crippen LogP contribution in [0.1, 0.15) is 0 Å². The second kappa shape index (κ2) is 4.26. The van der Waals surface area contributed by atoms with E-state index in [0.717, 1.165) is 6.26 Å². The van der Waals surface area contributed by atoms with E-state index in [9.17, 15) is 13.5 Å². The van der Waals surface area contributed by atoms with Gasteiger partial charge in [-0.05, 0) is 19.3 Å². The molecule has 0 spiro atoms. The fourth-order valence-corrected chi connectivity index (χ4v) is 1.36. The number of amidine groups is 1. The van der Waals surface area contributed by atoms with Crippen molar-refractivity contribution in [3.05, 3.63) is 23.7 Å². The van der Waals surface area contributed by atoms with Gasteiger partial charge in [-0.25, -0.2) is 13.4 Å². The lowest BCUT2D eigenvalue weighted by Gasteiger charge is -2.14. The number of hydrogen-bond donors (Lipinski definition) is 0. The maximum Gasteiger partial charge on any atom is 0.252 e. The smallest absolute Gasteiger partial charge is 0.252 e. The van der Waals surface area contributed by atoms with E-state index in [0.29, 0.717) is 0 Å². The van der Waals surface area contributed by atoms with Crippen LogP contribution < -0.4 is 5.11 Å². The lowest BCUT2D eigenvalue weighted by molar-refractivity contribution is -0.354. The molecule has 15 heavy (non-hydrogen) atoms. The minimum Gasteiger partial charge on any atom is -0.616 e. The van der Waals surface area contributed by atoms with Gasteiger partial charge < -0.3 is 9.84 Å². The summed E-state index contributed by atoms with van der Waals surface area (Å²) in [5, 5.41) is 11.2. The van der Waals surface area contributed by atoms with E-state index in [1.807, 2.05) is 0 Å². The van der Waals surface area contributed by atoms with Crippen molar-refractivity contribution < 1.29 is 18.3 Å². The topological polar surface area (TPSA) is 91.2 Å². The minimum absolute atomic E-state index is 0.0189. The molecule has 1 aliphatic heterocycles. The van der Waals surface area contributed by atoms with Gasteiger partial charge in [-0.1, -0.05) is 0 Å². The molecular formula is C8H9N2O4S-. The minimum atomic E-state index is -3.59. The molecule has 1 heterocycles. The molecule has 1 rings (SSSR count). The fraction of sp³-hybridized carbons (Fsp3) is 0.250. The van der Waals surface area contributed by atoms with Crippen LogP contribution in [0.5, 0.6) is 0 Å². The normalized spacial score (nSPS) is 21.9. The third-order valence-electron chi connectivity index (χ3n) is 1.44. The van der Waals surface area contributed by atoms with Crippen molar-refractivity contribution in [3.63, 3.8) is 0 Å². The van der Waals surface area contributed by atoms with Crippen molar-refractivity contribution in [2.75, 3.05) is 13.4 Å². The number of rotatable bonds is 2. The van der Waals surface area contributed by atoms with Gasteiger partial charge in [0.25, 0.3) is 10.0 Å². The Morgan fingerprint density at radius 3 is 2.80 bits per heavy atom. The third kappa shape index (κ3) is 3.21. The predicted octanol–water partition coefficient (Wildman–Crippen LogP) is -0.797. The molecule has 0 saturated carbocycles. The molecule has 0 amide bonds. The molecule has 0 unspecified atom stereocenters. The molecule has 0 aromatic rings. The molecule has 0 fully saturated rings. The summed E-state index contributed by atoms with van der Waals surface area (Å²) in [5.74, 6) is -0.836. The molecule has 0 aliphatic carbocycles. The summed E-state index contributed by atoms with van der Waals surface area (Å²) in [6.07, 6.45) is 5.15. The highest BCUT2D eigenvalue weighted by molar-refractivity contribution is 7.89. The van der Waals surface area contributed by atoms with Crippen molar-refractivity contribution in [1.29, 1.82) is 0 Å². The molecule has 6 nitrogen and oxygen atoms in total. The average molecular weight is 229 g/mol. The Kier molecular flexibility index (Phi) is 3.25. The summed E-state index contributed by atoms with van der Waals surface area (Å²) in [7, 11) is -2.39. The van der Waals surface area contributed by atoms with Crippen LogP contribution in [0.4, 0.5) is 0 Å². The Morgan fingerprint density at radius 1 is 1.60 bits per heavy atom. The molecule has 0 radical (unpaired) electrons. The largest absolute Gasteiger partial charge is 0.616 e. The molecule has 82 valence electrons. The van der Waals surface area contributed by atoms with Gasteiger partial charge in [0.2, 0.25) is 0 Å². The molecule has 0 bridgehead atoms. The maximum atomic E-state index is 11.2. The number of aliphatic imine (C=N–C) groups is 1. The molecule has 0 saturated heterocycles. The van der Waals surface area contributed by atoms with Crippen LogP contribution in [-0.2, 0) is 14.8 Å². The second-order valence-corrected chi connectivity index (χ2v) is 4.34. The molecule has 0 aromatic heterocycles. The second-order valence-electron chi connectivity index (χ2n) is 2.69. The van der Waals surface area contributed by atoms with Crippen molar-refractivity contribution >= 4 is 22.1 Å². The quantitative estimate of drug-likeness (QED) is 0.580. The zero-order valence-corrected chi connectivity index (χ0v) is 8.98. The van der Waals surface area contributed by atoms with Gasteiger partial charge in [0, 0.05) is 11.8 Å².